The zero-order valence-electron chi connectivity index (χ0n) is 15.2. The average molecular weight is 346 g/mol. The van der Waals surface area contributed by atoms with E-state index < -0.39 is 18.0 Å². The van der Waals surface area contributed by atoms with Crippen LogP contribution in [0.25, 0.3) is 0 Å². The molecule has 0 radical (unpaired) electrons. The second kappa shape index (κ2) is 7.27. The summed E-state index contributed by atoms with van der Waals surface area (Å²) < 4.78 is 5.21. The first-order valence-corrected chi connectivity index (χ1v) is 8.33. The molecule has 6 heteroatoms. The molecule has 2 atom stereocenters. The van der Waals surface area contributed by atoms with Gasteiger partial charge in [0, 0.05) is 5.56 Å². The van der Waals surface area contributed by atoms with Crippen molar-refractivity contribution in [3.8, 4) is 0 Å². The molecule has 0 aliphatic heterocycles. The summed E-state index contributed by atoms with van der Waals surface area (Å²) in [5.41, 5.74) is 6.98. The van der Waals surface area contributed by atoms with Crippen molar-refractivity contribution in [1.82, 2.24) is 5.06 Å². The molecule has 1 aromatic carbocycles. The zero-order chi connectivity index (χ0) is 18.8. The summed E-state index contributed by atoms with van der Waals surface area (Å²) in [7, 11) is 0. The third-order valence-electron chi connectivity index (χ3n) is 4.60. The Morgan fingerprint density at radius 2 is 1.92 bits per heavy atom. The normalized spacial score (nSPS) is 22.0. The van der Waals surface area contributed by atoms with E-state index in [4.69, 9.17) is 10.5 Å². The first kappa shape index (κ1) is 19.0. The quantitative estimate of drug-likeness (QED) is 0.496. The van der Waals surface area contributed by atoms with Gasteiger partial charge in [-0.15, -0.1) is 0 Å². The molecule has 0 saturated heterocycles. The number of hydroxylamine groups is 2. The van der Waals surface area contributed by atoms with E-state index in [1.807, 2.05) is 20.8 Å². The number of carbonyl (C=O) groups is 2. The van der Waals surface area contributed by atoms with Crippen molar-refractivity contribution in [2.45, 2.75) is 46.8 Å². The van der Waals surface area contributed by atoms with Crippen LogP contribution >= 0.6 is 0 Å². The smallest absolute Gasteiger partial charge is 0.434 e. The van der Waals surface area contributed by atoms with Crippen LogP contribution in [0.15, 0.2) is 35.9 Å². The fraction of sp³-hybridized carbons (Fsp3) is 0.474. The highest BCUT2D eigenvalue weighted by molar-refractivity contribution is 5.92. The van der Waals surface area contributed by atoms with Gasteiger partial charge in [0.15, 0.2) is 0 Å². The Labute approximate surface area is 148 Å². The third-order valence-corrected chi connectivity index (χ3v) is 4.60. The molecule has 0 aromatic heterocycles. The van der Waals surface area contributed by atoms with E-state index in [0.29, 0.717) is 22.1 Å². The minimum absolute atomic E-state index is 0.00124. The third kappa shape index (κ3) is 4.39. The molecular formula is C19H26N2O4. The van der Waals surface area contributed by atoms with Crippen molar-refractivity contribution in [1.29, 1.82) is 0 Å². The highest BCUT2D eigenvalue weighted by atomic mass is 16.6. The van der Waals surface area contributed by atoms with Gasteiger partial charge in [-0.05, 0) is 42.4 Å². The molecule has 25 heavy (non-hydrogen) atoms. The van der Waals surface area contributed by atoms with Crippen LogP contribution in [0.2, 0.25) is 0 Å². The zero-order valence-corrected chi connectivity index (χ0v) is 15.2. The molecule has 2 unspecified atom stereocenters. The lowest BCUT2D eigenvalue weighted by Gasteiger charge is -2.43. The topological polar surface area (TPSA) is 92.9 Å². The summed E-state index contributed by atoms with van der Waals surface area (Å²) in [6.07, 6.45) is 2.16. The summed E-state index contributed by atoms with van der Waals surface area (Å²) in [5.74, 6) is -0.111. The van der Waals surface area contributed by atoms with E-state index in [1.165, 1.54) is 0 Å². The van der Waals surface area contributed by atoms with Crippen molar-refractivity contribution >= 4 is 12.0 Å². The molecular weight excluding hydrogens is 320 g/mol. The molecule has 0 fully saturated rings. The number of ether oxygens (including phenoxy) is 1. The minimum Gasteiger partial charge on any atom is -0.443 e. The number of carbonyl (C=O) groups excluding carboxylic acids is 2. The summed E-state index contributed by atoms with van der Waals surface area (Å²) >= 11 is 0. The number of amides is 2. The van der Waals surface area contributed by atoms with E-state index in [2.05, 4.69) is 13.0 Å². The summed E-state index contributed by atoms with van der Waals surface area (Å²) in [6.45, 7) is 8.10. The SMILES string of the molecule is CC1=CC(C)CC(C)(C)C1N(O)C(=O)OCc1ccc(C(N)=O)cc1. The fourth-order valence-corrected chi connectivity index (χ4v) is 3.76. The Balaban J connectivity index is 2.02. The molecule has 2 amide bonds. The predicted octanol–water partition coefficient (Wildman–Crippen LogP) is 3.49. The number of rotatable bonds is 4. The van der Waals surface area contributed by atoms with E-state index in [0.717, 1.165) is 12.0 Å². The van der Waals surface area contributed by atoms with Crippen LogP contribution in [-0.2, 0) is 11.3 Å². The van der Waals surface area contributed by atoms with Crippen LogP contribution < -0.4 is 5.73 Å². The van der Waals surface area contributed by atoms with Crippen molar-refractivity contribution < 1.29 is 19.5 Å². The molecule has 1 aliphatic carbocycles. The number of hydrogen-bond acceptors (Lipinski definition) is 4. The molecule has 0 heterocycles. The number of nitrogens with two attached hydrogens (primary N) is 1. The Morgan fingerprint density at radius 1 is 1.32 bits per heavy atom. The van der Waals surface area contributed by atoms with Gasteiger partial charge in [-0.1, -0.05) is 44.6 Å². The van der Waals surface area contributed by atoms with E-state index >= 15 is 0 Å². The number of allylic oxidation sites excluding steroid dienone is 1. The Morgan fingerprint density at radius 3 is 2.44 bits per heavy atom. The maximum atomic E-state index is 12.3. The molecule has 0 saturated carbocycles. The highest BCUT2D eigenvalue weighted by Gasteiger charge is 2.41. The van der Waals surface area contributed by atoms with Gasteiger partial charge in [0.2, 0.25) is 5.91 Å². The molecule has 6 nitrogen and oxygen atoms in total. The standard InChI is InChI=1S/C19H26N2O4/c1-12-9-13(2)16(19(3,4)10-12)21(24)18(23)25-11-14-5-7-15(8-6-14)17(20)22/h5-9,12,16,24H,10-11H2,1-4H3,(H2,20,22). The van der Waals surface area contributed by atoms with Crippen LogP contribution in [0.5, 0.6) is 0 Å². The minimum atomic E-state index is -0.792. The Hall–Kier alpha value is -2.34. The van der Waals surface area contributed by atoms with Gasteiger partial charge in [0.05, 0.1) is 6.04 Å². The van der Waals surface area contributed by atoms with Gasteiger partial charge < -0.3 is 10.5 Å². The summed E-state index contributed by atoms with van der Waals surface area (Å²) in [4.78, 5) is 23.3. The summed E-state index contributed by atoms with van der Waals surface area (Å²) in [6, 6.07) is 6.04. The van der Waals surface area contributed by atoms with Gasteiger partial charge >= 0.3 is 6.09 Å². The number of hydrogen-bond donors (Lipinski definition) is 2. The molecule has 136 valence electrons. The van der Waals surface area contributed by atoms with Gasteiger partial charge in [0.1, 0.15) is 6.61 Å². The van der Waals surface area contributed by atoms with E-state index in [1.54, 1.807) is 24.3 Å². The number of benzene rings is 1. The molecule has 3 N–H and O–H groups in total. The fourth-order valence-electron chi connectivity index (χ4n) is 3.76. The lowest BCUT2D eigenvalue weighted by atomic mass is 9.70. The van der Waals surface area contributed by atoms with Gasteiger partial charge in [-0.25, -0.2) is 4.79 Å². The largest absolute Gasteiger partial charge is 0.443 e. The molecule has 1 aliphatic rings. The van der Waals surface area contributed by atoms with Crippen LogP contribution in [0.4, 0.5) is 4.79 Å². The lowest BCUT2D eigenvalue weighted by Crippen LogP contribution is -2.49. The first-order valence-electron chi connectivity index (χ1n) is 8.33. The van der Waals surface area contributed by atoms with Crippen molar-refractivity contribution in [3.63, 3.8) is 0 Å². The molecule has 2 rings (SSSR count). The average Bonchev–Trinajstić information content (AvgIpc) is 2.50. The lowest BCUT2D eigenvalue weighted by molar-refractivity contribution is -0.127. The molecule has 0 bridgehead atoms. The van der Waals surface area contributed by atoms with Crippen LogP contribution in [-0.4, -0.2) is 28.3 Å². The molecule has 1 aromatic rings. The maximum absolute atomic E-state index is 12.3. The van der Waals surface area contributed by atoms with Gasteiger partial charge in [-0.3, -0.25) is 10.0 Å². The summed E-state index contributed by atoms with van der Waals surface area (Å²) in [5, 5.41) is 11.1. The number of primary amides is 1. The van der Waals surface area contributed by atoms with Crippen molar-refractivity contribution in [2.24, 2.45) is 17.1 Å². The van der Waals surface area contributed by atoms with Crippen molar-refractivity contribution in [2.75, 3.05) is 0 Å². The van der Waals surface area contributed by atoms with Gasteiger partial charge in [-0.2, -0.15) is 5.06 Å². The molecule has 0 spiro atoms. The van der Waals surface area contributed by atoms with Crippen LogP contribution in [0, 0.1) is 11.3 Å². The Bertz CT molecular complexity index is 679. The second-order valence-electron chi connectivity index (χ2n) is 7.44. The number of nitrogens with zero attached hydrogens (tertiary/aromatic N) is 1. The monoisotopic (exact) mass is 346 g/mol. The second-order valence-corrected chi connectivity index (χ2v) is 7.44. The maximum Gasteiger partial charge on any atom is 0.434 e. The van der Waals surface area contributed by atoms with E-state index in [-0.39, 0.29) is 12.0 Å². The van der Waals surface area contributed by atoms with Crippen LogP contribution in [0.1, 0.15) is 50.0 Å². The predicted molar refractivity (Wildman–Crippen MR) is 93.9 cm³/mol. The van der Waals surface area contributed by atoms with Crippen molar-refractivity contribution in [3.05, 3.63) is 47.0 Å². The Kier molecular flexibility index (Phi) is 5.52. The van der Waals surface area contributed by atoms with Gasteiger partial charge in [0.25, 0.3) is 0 Å². The highest BCUT2D eigenvalue weighted by Crippen LogP contribution is 2.40. The first-order chi connectivity index (χ1) is 11.6. The van der Waals surface area contributed by atoms with E-state index in [9.17, 15) is 14.8 Å². The van der Waals surface area contributed by atoms with Crippen LogP contribution in [0.3, 0.4) is 0 Å².